The fourth-order valence-corrected chi connectivity index (χ4v) is 1.86. The standard InChI is InChI=1S/C11H13F6NO/c1-2-18-8(6-7-4-3-5-19-7)9(10(12,13)14)11(15,16)17/h3-5,8-9,18H,2,6H2,1H3. The fourth-order valence-electron chi connectivity index (χ4n) is 1.86. The molecule has 0 aliphatic heterocycles. The van der Waals surface area contributed by atoms with Crippen molar-refractivity contribution in [2.45, 2.75) is 31.7 Å². The molecule has 110 valence electrons. The molecule has 1 aromatic heterocycles. The lowest BCUT2D eigenvalue weighted by atomic mass is 9.94. The van der Waals surface area contributed by atoms with Crippen LogP contribution in [0.5, 0.6) is 0 Å². The van der Waals surface area contributed by atoms with Crippen molar-refractivity contribution in [3.63, 3.8) is 0 Å². The molecule has 1 rings (SSSR count). The van der Waals surface area contributed by atoms with Gasteiger partial charge in [-0.3, -0.25) is 0 Å². The summed E-state index contributed by atoms with van der Waals surface area (Å²) in [5, 5.41) is 2.23. The monoisotopic (exact) mass is 289 g/mol. The summed E-state index contributed by atoms with van der Waals surface area (Å²) >= 11 is 0. The van der Waals surface area contributed by atoms with Crippen LogP contribution in [0.4, 0.5) is 26.3 Å². The predicted octanol–water partition coefficient (Wildman–Crippen LogP) is 3.54. The molecule has 2 nitrogen and oxygen atoms in total. The fraction of sp³-hybridized carbons (Fsp3) is 0.636. The van der Waals surface area contributed by atoms with E-state index in [0.717, 1.165) is 0 Å². The molecule has 0 amide bonds. The summed E-state index contributed by atoms with van der Waals surface area (Å²) in [4.78, 5) is 0. The minimum absolute atomic E-state index is 0.00592. The van der Waals surface area contributed by atoms with Crippen LogP contribution in [0.1, 0.15) is 12.7 Å². The second-order valence-electron chi connectivity index (χ2n) is 4.01. The van der Waals surface area contributed by atoms with Gasteiger partial charge in [-0.2, -0.15) is 26.3 Å². The van der Waals surface area contributed by atoms with Gasteiger partial charge in [-0.15, -0.1) is 0 Å². The van der Waals surface area contributed by atoms with Crippen LogP contribution in [0.15, 0.2) is 22.8 Å². The number of likely N-dealkylation sites (N-methyl/N-ethyl adjacent to an activating group) is 1. The van der Waals surface area contributed by atoms with Gasteiger partial charge in [0.1, 0.15) is 5.76 Å². The molecular formula is C11H13F6NO. The Kier molecular flexibility index (Phi) is 4.89. The van der Waals surface area contributed by atoms with Crippen LogP contribution in [0.3, 0.4) is 0 Å². The van der Waals surface area contributed by atoms with Crippen molar-refractivity contribution in [1.82, 2.24) is 5.32 Å². The summed E-state index contributed by atoms with van der Waals surface area (Å²) in [5.41, 5.74) is 0. The molecule has 0 spiro atoms. The first kappa shape index (κ1) is 15.9. The molecule has 1 unspecified atom stereocenters. The van der Waals surface area contributed by atoms with Crippen molar-refractivity contribution in [3.05, 3.63) is 24.2 Å². The van der Waals surface area contributed by atoms with Crippen molar-refractivity contribution in [2.75, 3.05) is 6.54 Å². The molecule has 0 fully saturated rings. The molecule has 1 heterocycles. The Morgan fingerprint density at radius 1 is 1.16 bits per heavy atom. The van der Waals surface area contributed by atoms with E-state index in [1.165, 1.54) is 25.3 Å². The average molecular weight is 289 g/mol. The molecule has 0 radical (unpaired) electrons. The van der Waals surface area contributed by atoms with E-state index in [9.17, 15) is 26.3 Å². The lowest BCUT2D eigenvalue weighted by molar-refractivity contribution is -0.291. The number of hydrogen-bond donors (Lipinski definition) is 1. The second kappa shape index (κ2) is 5.85. The van der Waals surface area contributed by atoms with Gasteiger partial charge in [-0.25, -0.2) is 0 Å². The van der Waals surface area contributed by atoms with Crippen LogP contribution < -0.4 is 5.32 Å². The van der Waals surface area contributed by atoms with Gasteiger partial charge in [0, 0.05) is 12.5 Å². The molecule has 0 saturated heterocycles. The normalized spacial score (nSPS) is 14.9. The van der Waals surface area contributed by atoms with Gasteiger partial charge in [-0.05, 0) is 18.7 Å². The Balaban J connectivity index is 2.99. The van der Waals surface area contributed by atoms with Crippen molar-refractivity contribution < 1.29 is 30.8 Å². The van der Waals surface area contributed by atoms with E-state index in [4.69, 9.17) is 4.42 Å². The maximum atomic E-state index is 12.6. The molecule has 0 bridgehead atoms. The van der Waals surface area contributed by atoms with Crippen molar-refractivity contribution in [1.29, 1.82) is 0 Å². The summed E-state index contributed by atoms with van der Waals surface area (Å²) < 4.78 is 80.6. The third-order valence-corrected chi connectivity index (χ3v) is 2.58. The van der Waals surface area contributed by atoms with E-state index in [0.29, 0.717) is 0 Å². The smallest absolute Gasteiger partial charge is 0.402 e. The zero-order valence-corrected chi connectivity index (χ0v) is 9.98. The SMILES string of the molecule is CCNC(Cc1ccco1)C(C(F)(F)F)C(F)(F)F. The first-order chi connectivity index (χ1) is 8.66. The first-order valence-corrected chi connectivity index (χ1v) is 5.55. The van der Waals surface area contributed by atoms with Gasteiger partial charge >= 0.3 is 12.4 Å². The van der Waals surface area contributed by atoms with E-state index in [2.05, 4.69) is 5.32 Å². The topological polar surface area (TPSA) is 25.2 Å². The van der Waals surface area contributed by atoms with E-state index in [1.54, 1.807) is 0 Å². The van der Waals surface area contributed by atoms with E-state index in [-0.39, 0.29) is 12.3 Å². The Morgan fingerprint density at radius 3 is 2.11 bits per heavy atom. The molecule has 19 heavy (non-hydrogen) atoms. The zero-order valence-electron chi connectivity index (χ0n) is 9.98. The van der Waals surface area contributed by atoms with Crippen LogP contribution in [0, 0.1) is 5.92 Å². The summed E-state index contributed by atoms with van der Waals surface area (Å²) in [6.45, 7) is 1.44. The largest absolute Gasteiger partial charge is 0.469 e. The van der Waals surface area contributed by atoms with Crippen LogP contribution in [-0.4, -0.2) is 24.9 Å². The number of furan rings is 1. The van der Waals surface area contributed by atoms with E-state index < -0.39 is 30.7 Å². The highest BCUT2D eigenvalue weighted by atomic mass is 19.4. The molecule has 0 aliphatic carbocycles. The predicted molar refractivity (Wildman–Crippen MR) is 55.5 cm³/mol. The Labute approximate surface area is 105 Å². The Bertz CT molecular complexity index is 356. The lowest BCUT2D eigenvalue weighted by Gasteiger charge is -2.30. The highest BCUT2D eigenvalue weighted by Crippen LogP contribution is 2.42. The second-order valence-corrected chi connectivity index (χ2v) is 4.01. The van der Waals surface area contributed by atoms with E-state index in [1.807, 2.05) is 0 Å². The van der Waals surface area contributed by atoms with Gasteiger partial charge < -0.3 is 9.73 Å². The number of rotatable bonds is 5. The van der Waals surface area contributed by atoms with Crippen molar-refractivity contribution in [3.8, 4) is 0 Å². The quantitative estimate of drug-likeness (QED) is 0.839. The zero-order chi connectivity index (χ0) is 14.7. The average Bonchev–Trinajstić information content (AvgIpc) is 2.65. The van der Waals surface area contributed by atoms with Crippen LogP contribution >= 0.6 is 0 Å². The molecule has 0 aromatic carbocycles. The third-order valence-electron chi connectivity index (χ3n) is 2.58. The lowest BCUT2D eigenvalue weighted by Crippen LogP contribution is -2.52. The number of hydrogen-bond acceptors (Lipinski definition) is 2. The van der Waals surface area contributed by atoms with Gasteiger partial charge in [0.25, 0.3) is 0 Å². The molecule has 1 atom stereocenters. The molecular weight excluding hydrogens is 276 g/mol. The molecule has 0 aliphatic rings. The van der Waals surface area contributed by atoms with Crippen molar-refractivity contribution >= 4 is 0 Å². The summed E-state index contributed by atoms with van der Waals surface area (Å²) in [6, 6.07) is 0.944. The van der Waals surface area contributed by atoms with E-state index >= 15 is 0 Å². The van der Waals surface area contributed by atoms with Gasteiger partial charge in [0.15, 0.2) is 5.92 Å². The third kappa shape index (κ3) is 4.45. The summed E-state index contributed by atoms with van der Waals surface area (Å²) in [7, 11) is 0. The highest BCUT2D eigenvalue weighted by Gasteiger charge is 2.60. The van der Waals surface area contributed by atoms with Crippen LogP contribution in [0.25, 0.3) is 0 Å². The van der Waals surface area contributed by atoms with Gasteiger partial charge in [0.05, 0.1) is 6.26 Å². The maximum Gasteiger partial charge on any atom is 0.402 e. The van der Waals surface area contributed by atoms with Gasteiger partial charge in [-0.1, -0.05) is 6.92 Å². The van der Waals surface area contributed by atoms with Gasteiger partial charge in [0.2, 0.25) is 0 Å². The molecule has 1 N–H and O–H groups in total. The minimum Gasteiger partial charge on any atom is -0.469 e. The minimum atomic E-state index is -5.36. The highest BCUT2D eigenvalue weighted by molar-refractivity contribution is 5.03. The summed E-state index contributed by atoms with van der Waals surface area (Å²) in [6.07, 6.45) is -10.0. The first-order valence-electron chi connectivity index (χ1n) is 5.55. The number of alkyl halides is 6. The number of nitrogens with one attached hydrogen (secondary N) is 1. The van der Waals surface area contributed by atoms with Crippen LogP contribution in [-0.2, 0) is 6.42 Å². The van der Waals surface area contributed by atoms with Crippen LogP contribution in [0.2, 0.25) is 0 Å². The molecule has 8 heteroatoms. The molecule has 1 aromatic rings. The van der Waals surface area contributed by atoms with Crippen molar-refractivity contribution in [2.24, 2.45) is 5.92 Å². The Hall–Kier alpha value is -1.18. The molecule has 0 saturated carbocycles. The summed E-state index contributed by atoms with van der Waals surface area (Å²) in [5.74, 6) is -3.35. The Morgan fingerprint density at radius 2 is 1.74 bits per heavy atom. The maximum absolute atomic E-state index is 12.6. The number of halogens is 6.